The van der Waals surface area contributed by atoms with Gasteiger partial charge >= 0.3 is 0 Å². The van der Waals surface area contributed by atoms with Gasteiger partial charge in [-0.25, -0.2) is 0 Å². The topological polar surface area (TPSA) is 80.9 Å². The first-order valence-corrected chi connectivity index (χ1v) is 11.7. The van der Waals surface area contributed by atoms with E-state index in [1.54, 1.807) is 0 Å². The minimum atomic E-state index is -0.486. The van der Waals surface area contributed by atoms with Crippen molar-refractivity contribution < 1.29 is 20.4 Å². The highest BCUT2D eigenvalue weighted by Gasteiger charge is 2.64. The van der Waals surface area contributed by atoms with Gasteiger partial charge in [-0.15, -0.1) is 0 Å². The maximum Gasteiger partial charge on any atom is 0.123 e. The zero-order chi connectivity index (χ0) is 22.8. The Morgan fingerprint density at radius 2 is 1.29 bits per heavy atom. The molecule has 4 nitrogen and oxygen atoms in total. The number of fused-ring (bicyclic) bond motifs is 4. The van der Waals surface area contributed by atoms with E-state index in [-0.39, 0.29) is 39.7 Å². The Balaban J connectivity index is 2.15. The molecular formula is C27H36O4. The molecule has 2 aromatic carbocycles. The van der Waals surface area contributed by atoms with Gasteiger partial charge in [-0.1, -0.05) is 53.9 Å². The van der Waals surface area contributed by atoms with Crippen molar-refractivity contribution in [1.29, 1.82) is 0 Å². The second kappa shape index (κ2) is 7.08. The summed E-state index contributed by atoms with van der Waals surface area (Å²) < 4.78 is 0. The van der Waals surface area contributed by atoms with E-state index in [1.807, 2.05) is 12.1 Å². The van der Waals surface area contributed by atoms with Crippen molar-refractivity contribution in [3.8, 4) is 23.0 Å². The summed E-state index contributed by atoms with van der Waals surface area (Å²) in [6.07, 6.45) is 5.47. The zero-order valence-electron chi connectivity index (χ0n) is 19.4. The first-order chi connectivity index (χ1) is 14.6. The molecule has 4 unspecified atom stereocenters. The van der Waals surface area contributed by atoms with Gasteiger partial charge in [0, 0.05) is 34.1 Å². The molecule has 0 aliphatic heterocycles. The van der Waals surface area contributed by atoms with E-state index in [9.17, 15) is 20.4 Å². The molecule has 1 spiro atoms. The minimum absolute atomic E-state index is 0.0567. The lowest BCUT2D eigenvalue weighted by Crippen LogP contribution is -2.40. The monoisotopic (exact) mass is 424 g/mol. The minimum Gasteiger partial charge on any atom is -0.508 e. The van der Waals surface area contributed by atoms with Gasteiger partial charge < -0.3 is 20.4 Å². The Morgan fingerprint density at radius 3 is 1.81 bits per heavy atom. The van der Waals surface area contributed by atoms with Gasteiger partial charge in [0.25, 0.3) is 0 Å². The summed E-state index contributed by atoms with van der Waals surface area (Å²) >= 11 is 0. The Bertz CT molecular complexity index is 1010. The van der Waals surface area contributed by atoms with E-state index < -0.39 is 5.41 Å². The maximum absolute atomic E-state index is 11.1. The fourth-order valence-electron chi connectivity index (χ4n) is 7.80. The van der Waals surface area contributed by atoms with Gasteiger partial charge in [0.1, 0.15) is 23.0 Å². The van der Waals surface area contributed by atoms with Crippen LogP contribution in [0.1, 0.15) is 95.4 Å². The van der Waals surface area contributed by atoms with Crippen LogP contribution in [0.5, 0.6) is 23.0 Å². The number of phenols is 4. The van der Waals surface area contributed by atoms with Crippen molar-refractivity contribution in [1.82, 2.24) is 0 Å². The smallest absolute Gasteiger partial charge is 0.123 e. The van der Waals surface area contributed by atoms with Crippen LogP contribution in [0.15, 0.2) is 24.3 Å². The van der Waals surface area contributed by atoms with Crippen molar-refractivity contribution >= 4 is 0 Å². The fourth-order valence-corrected chi connectivity index (χ4v) is 7.80. The molecular weight excluding hydrogens is 388 g/mol. The highest BCUT2D eigenvalue weighted by molar-refractivity contribution is 5.68. The molecule has 4 heteroatoms. The van der Waals surface area contributed by atoms with E-state index in [1.165, 1.54) is 12.1 Å². The SMILES string of the molecule is CCCC1(C)CC2(c3cc(O)cc(O)c31)c1cc(O)cc(O)c1C(C)(CCC)C2CC. The van der Waals surface area contributed by atoms with Crippen LogP contribution in [0.4, 0.5) is 0 Å². The summed E-state index contributed by atoms with van der Waals surface area (Å²) in [7, 11) is 0. The second-order valence-electron chi connectivity index (χ2n) is 10.4. The lowest BCUT2D eigenvalue weighted by Gasteiger charge is -2.42. The molecule has 4 atom stereocenters. The Hall–Kier alpha value is -2.36. The number of phenolic OH excluding ortho intramolecular Hbond substituents is 4. The highest BCUT2D eigenvalue weighted by atomic mass is 16.3. The highest BCUT2D eigenvalue weighted by Crippen LogP contribution is 2.70. The standard InChI is InChI=1S/C27H36O4/c1-6-9-25(4)15-27(18-11-16(28)13-20(30)23(18)25)19-12-17(29)14-21(31)24(19)26(5,10-7-2)22(27)8-3/h11-14,22,28-31H,6-10,15H2,1-5H3. The Labute approximate surface area is 185 Å². The number of aromatic hydroxyl groups is 4. The summed E-state index contributed by atoms with van der Waals surface area (Å²) in [5, 5.41) is 43.1. The third-order valence-corrected chi connectivity index (χ3v) is 8.35. The molecule has 0 amide bonds. The van der Waals surface area contributed by atoms with Crippen LogP contribution in [0.25, 0.3) is 0 Å². The fraction of sp³-hybridized carbons (Fsp3) is 0.556. The van der Waals surface area contributed by atoms with Crippen LogP contribution in [-0.4, -0.2) is 20.4 Å². The van der Waals surface area contributed by atoms with Gasteiger partial charge in [0.05, 0.1) is 0 Å². The molecule has 0 radical (unpaired) electrons. The van der Waals surface area contributed by atoms with Crippen LogP contribution in [-0.2, 0) is 16.2 Å². The maximum atomic E-state index is 11.1. The normalized spacial score (nSPS) is 31.2. The van der Waals surface area contributed by atoms with E-state index >= 15 is 0 Å². The summed E-state index contributed by atoms with van der Waals surface area (Å²) in [5.74, 6) is 0.577. The van der Waals surface area contributed by atoms with Gasteiger partial charge in [-0.05, 0) is 53.9 Å². The van der Waals surface area contributed by atoms with E-state index in [4.69, 9.17) is 0 Å². The van der Waals surface area contributed by atoms with Gasteiger partial charge in [-0.3, -0.25) is 0 Å². The Kier molecular flexibility index (Phi) is 4.99. The molecule has 0 heterocycles. The number of rotatable bonds is 5. The lowest BCUT2D eigenvalue weighted by atomic mass is 9.61. The van der Waals surface area contributed by atoms with Gasteiger partial charge in [0.15, 0.2) is 0 Å². The van der Waals surface area contributed by atoms with E-state index in [0.29, 0.717) is 0 Å². The number of hydrogen-bond donors (Lipinski definition) is 4. The molecule has 2 aliphatic carbocycles. The molecule has 168 valence electrons. The Morgan fingerprint density at radius 1 is 0.774 bits per heavy atom. The third-order valence-electron chi connectivity index (χ3n) is 8.35. The van der Waals surface area contributed by atoms with E-state index in [2.05, 4.69) is 34.6 Å². The quantitative estimate of drug-likeness (QED) is 0.450. The van der Waals surface area contributed by atoms with Crippen molar-refractivity contribution in [3.05, 3.63) is 46.5 Å². The van der Waals surface area contributed by atoms with Crippen molar-refractivity contribution in [2.75, 3.05) is 0 Å². The molecule has 0 saturated heterocycles. The first-order valence-electron chi connectivity index (χ1n) is 11.7. The number of benzene rings is 2. The van der Waals surface area contributed by atoms with Crippen LogP contribution in [0, 0.1) is 5.92 Å². The molecule has 0 saturated carbocycles. The lowest BCUT2D eigenvalue weighted by molar-refractivity contribution is 0.183. The molecule has 0 fully saturated rings. The first kappa shape index (κ1) is 21.9. The molecule has 0 aromatic heterocycles. The predicted molar refractivity (Wildman–Crippen MR) is 123 cm³/mol. The van der Waals surface area contributed by atoms with Crippen molar-refractivity contribution in [3.63, 3.8) is 0 Å². The van der Waals surface area contributed by atoms with Crippen LogP contribution < -0.4 is 0 Å². The van der Waals surface area contributed by atoms with Crippen LogP contribution >= 0.6 is 0 Å². The van der Waals surface area contributed by atoms with Gasteiger partial charge in [0.2, 0.25) is 0 Å². The molecule has 31 heavy (non-hydrogen) atoms. The molecule has 2 aromatic rings. The molecule has 2 aliphatic rings. The average Bonchev–Trinajstić information content (AvgIpc) is 3.02. The van der Waals surface area contributed by atoms with Crippen LogP contribution in [0.2, 0.25) is 0 Å². The summed E-state index contributed by atoms with van der Waals surface area (Å²) in [5.41, 5.74) is 2.74. The molecule has 4 N–H and O–H groups in total. The zero-order valence-corrected chi connectivity index (χ0v) is 19.4. The number of hydrogen-bond acceptors (Lipinski definition) is 4. The third kappa shape index (κ3) is 2.73. The predicted octanol–water partition coefficient (Wildman–Crippen LogP) is 6.35. The van der Waals surface area contributed by atoms with Crippen molar-refractivity contribution in [2.45, 2.75) is 89.4 Å². The van der Waals surface area contributed by atoms with Crippen LogP contribution in [0.3, 0.4) is 0 Å². The summed E-state index contributed by atoms with van der Waals surface area (Å²) in [4.78, 5) is 0. The average molecular weight is 425 g/mol. The summed E-state index contributed by atoms with van der Waals surface area (Å²) in [6, 6.07) is 6.55. The molecule has 0 bridgehead atoms. The largest absolute Gasteiger partial charge is 0.508 e. The second-order valence-corrected chi connectivity index (χ2v) is 10.4. The molecule has 4 rings (SSSR count). The summed E-state index contributed by atoms with van der Waals surface area (Å²) in [6.45, 7) is 11.0. The van der Waals surface area contributed by atoms with Crippen molar-refractivity contribution in [2.24, 2.45) is 5.92 Å². The van der Waals surface area contributed by atoms with E-state index in [0.717, 1.165) is 60.8 Å². The van der Waals surface area contributed by atoms with Gasteiger partial charge in [-0.2, -0.15) is 0 Å².